The van der Waals surface area contributed by atoms with Gasteiger partial charge in [-0.1, -0.05) is 23.7 Å². The summed E-state index contributed by atoms with van der Waals surface area (Å²) in [6.07, 6.45) is 0.795. The lowest BCUT2D eigenvalue weighted by Gasteiger charge is -2.44. The number of aryl methyl sites for hydroxylation is 1. The molecule has 0 bridgehead atoms. The first-order valence-corrected chi connectivity index (χ1v) is 7.62. The van der Waals surface area contributed by atoms with Gasteiger partial charge in [-0.2, -0.15) is 0 Å². The van der Waals surface area contributed by atoms with E-state index < -0.39 is 0 Å². The lowest BCUT2D eigenvalue weighted by Crippen LogP contribution is -2.59. The minimum atomic E-state index is -0.0575. The predicted octanol–water partition coefficient (Wildman–Crippen LogP) is 2.63. The third-order valence-electron chi connectivity index (χ3n) is 4.38. The number of morpholine rings is 1. The monoisotopic (exact) mass is 296 g/mol. The number of halogens is 1. The molecule has 1 aliphatic heterocycles. The Morgan fingerprint density at radius 3 is 2.60 bits per heavy atom. The number of benzene rings is 1. The van der Waals surface area contributed by atoms with Crippen molar-refractivity contribution in [1.82, 2.24) is 4.90 Å². The Hall–Kier alpha value is -0.610. The SMILES string of the molecule is Cc1ccc(CC(N)C(C)(C)N2CCOCC2)c(Cl)c1. The summed E-state index contributed by atoms with van der Waals surface area (Å²) in [7, 11) is 0. The van der Waals surface area contributed by atoms with Crippen molar-refractivity contribution in [3.05, 3.63) is 34.3 Å². The second-order valence-electron chi connectivity index (χ2n) is 6.16. The molecule has 0 spiro atoms. The Labute approximate surface area is 127 Å². The summed E-state index contributed by atoms with van der Waals surface area (Å²) < 4.78 is 5.42. The first-order chi connectivity index (χ1) is 9.41. The van der Waals surface area contributed by atoms with Gasteiger partial charge in [-0.3, -0.25) is 4.90 Å². The highest BCUT2D eigenvalue weighted by Crippen LogP contribution is 2.25. The van der Waals surface area contributed by atoms with Crippen LogP contribution in [0.2, 0.25) is 5.02 Å². The summed E-state index contributed by atoms with van der Waals surface area (Å²) in [6.45, 7) is 9.96. The highest BCUT2D eigenvalue weighted by molar-refractivity contribution is 6.31. The lowest BCUT2D eigenvalue weighted by atomic mass is 9.87. The van der Waals surface area contributed by atoms with E-state index >= 15 is 0 Å². The van der Waals surface area contributed by atoms with Gasteiger partial charge in [-0.05, 0) is 44.4 Å². The molecule has 4 heteroatoms. The van der Waals surface area contributed by atoms with Crippen LogP contribution in [0.3, 0.4) is 0 Å². The summed E-state index contributed by atoms with van der Waals surface area (Å²) in [5.41, 5.74) is 8.73. The maximum Gasteiger partial charge on any atom is 0.0594 e. The van der Waals surface area contributed by atoms with Crippen molar-refractivity contribution < 1.29 is 4.74 Å². The van der Waals surface area contributed by atoms with Crippen molar-refractivity contribution >= 4 is 11.6 Å². The largest absolute Gasteiger partial charge is 0.379 e. The van der Waals surface area contributed by atoms with Crippen LogP contribution < -0.4 is 5.73 Å². The Morgan fingerprint density at radius 1 is 1.35 bits per heavy atom. The van der Waals surface area contributed by atoms with Crippen LogP contribution in [0.4, 0.5) is 0 Å². The summed E-state index contributed by atoms with van der Waals surface area (Å²) in [5, 5.41) is 0.818. The lowest BCUT2D eigenvalue weighted by molar-refractivity contribution is -0.0186. The molecule has 1 unspecified atom stereocenters. The van der Waals surface area contributed by atoms with Gasteiger partial charge in [0.15, 0.2) is 0 Å². The number of hydrogen-bond acceptors (Lipinski definition) is 3. The van der Waals surface area contributed by atoms with Crippen molar-refractivity contribution in [2.75, 3.05) is 26.3 Å². The molecule has 0 aromatic heterocycles. The number of hydrogen-bond donors (Lipinski definition) is 1. The Balaban J connectivity index is 2.07. The minimum Gasteiger partial charge on any atom is -0.379 e. The van der Waals surface area contributed by atoms with E-state index in [9.17, 15) is 0 Å². The number of ether oxygens (including phenoxy) is 1. The predicted molar refractivity (Wildman–Crippen MR) is 84.3 cm³/mol. The molecule has 2 N–H and O–H groups in total. The number of nitrogens with zero attached hydrogens (tertiary/aromatic N) is 1. The fraction of sp³-hybridized carbons (Fsp3) is 0.625. The smallest absolute Gasteiger partial charge is 0.0594 e. The van der Waals surface area contributed by atoms with Crippen LogP contribution >= 0.6 is 11.6 Å². The first kappa shape index (κ1) is 15.8. The Kier molecular flexibility index (Phi) is 5.08. The van der Waals surface area contributed by atoms with E-state index in [0.29, 0.717) is 0 Å². The molecule has 3 nitrogen and oxygen atoms in total. The molecular formula is C16H25ClN2O. The van der Waals surface area contributed by atoms with Crippen molar-refractivity contribution in [3.8, 4) is 0 Å². The van der Waals surface area contributed by atoms with Crippen LogP contribution in [-0.4, -0.2) is 42.8 Å². The highest BCUT2D eigenvalue weighted by Gasteiger charge is 2.34. The van der Waals surface area contributed by atoms with Crippen LogP contribution in [-0.2, 0) is 11.2 Å². The van der Waals surface area contributed by atoms with Gasteiger partial charge in [0.05, 0.1) is 13.2 Å². The fourth-order valence-corrected chi connectivity index (χ4v) is 2.99. The zero-order valence-electron chi connectivity index (χ0n) is 12.7. The van der Waals surface area contributed by atoms with Crippen molar-refractivity contribution in [2.24, 2.45) is 5.73 Å². The van der Waals surface area contributed by atoms with E-state index in [1.54, 1.807) is 0 Å². The molecule has 112 valence electrons. The average Bonchev–Trinajstić information content (AvgIpc) is 2.42. The fourth-order valence-electron chi connectivity index (χ4n) is 2.68. The van der Waals surface area contributed by atoms with E-state index in [1.807, 2.05) is 13.0 Å². The highest BCUT2D eigenvalue weighted by atomic mass is 35.5. The van der Waals surface area contributed by atoms with Gasteiger partial charge in [-0.25, -0.2) is 0 Å². The molecule has 0 radical (unpaired) electrons. The van der Waals surface area contributed by atoms with Gasteiger partial charge in [0.2, 0.25) is 0 Å². The quantitative estimate of drug-likeness (QED) is 0.928. The summed E-state index contributed by atoms with van der Waals surface area (Å²) in [5.74, 6) is 0. The van der Waals surface area contributed by atoms with E-state index in [4.69, 9.17) is 22.1 Å². The zero-order valence-corrected chi connectivity index (χ0v) is 13.4. The normalized spacial score (nSPS) is 19.1. The maximum atomic E-state index is 6.48. The number of nitrogens with two attached hydrogens (primary N) is 1. The van der Waals surface area contributed by atoms with Crippen molar-refractivity contribution in [1.29, 1.82) is 0 Å². The molecule has 0 aliphatic carbocycles. The van der Waals surface area contributed by atoms with Gasteiger partial charge in [0.1, 0.15) is 0 Å². The molecule has 1 saturated heterocycles. The molecule has 1 aliphatic rings. The first-order valence-electron chi connectivity index (χ1n) is 7.24. The van der Waals surface area contributed by atoms with Gasteiger partial charge >= 0.3 is 0 Å². The van der Waals surface area contributed by atoms with Gasteiger partial charge < -0.3 is 10.5 Å². The molecule has 2 rings (SSSR count). The molecule has 0 amide bonds. The molecule has 1 aromatic rings. The standard InChI is InChI=1S/C16H25ClN2O/c1-12-4-5-13(14(17)10-12)11-15(18)16(2,3)19-6-8-20-9-7-19/h4-5,10,15H,6-9,11,18H2,1-3H3. The number of rotatable bonds is 4. The van der Waals surface area contributed by atoms with Crippen LogP contribution in [0.15, 0.2) is 18.2 Å². The van der Waals surface area contributed by atoms with Crippen molar-refractivity contribution in [3.63, 3.8) is 0 Å². The molecule has 1 aromatic carbocycles. The third-order valence-corrected chi connectivity index (χ3v) is 4.73. The van der Waals surface area contributed by atoms with E-state index in [2.05, 4.69) is 30.9 Å². The zero-order chi connectivity index (χ0) is 14.8. The Bertz CT molecular complexity index is 456. The van der Waals surface area contributed by atoms with Gasteiger partial charge in [0.25, 0.3) is 0 Å². The molecule has 1 heterocycles. The average molecular weight is 297 g/mol. The second kappa shape index (κ2) is 6.44. The molecule has 20 heavy (non-hydrogen) atoms. The topological polar surface area (TPSA) is 38.5 Å². The summed E-state index contributed by atoms with van der Waals surface area (Å²) in [6, 6.07) is 6.23. The molecular weight excluding hydrogens is 272 g/mol. The van der Waals surface area contributed by atoms with Crippen LogP contribution in [0.1, 0.15) is 25.0 Å². The maximum absolute atomic E-state index is 6.48. The summed E-state index contributed by atoms with van der Waals surface area (Å²) in [4.78, 5) is 2.42. The molecule has 1 fully saturated rings. The van der Waals surface area contributed by atoms with Crippen LogP contribution in [0, 0.1) is 6.92 Å². The van der Waals surface area contributed by atoms with Crippen molar-refractivity contribution in [2.45, 2.75) is 38.8 Å². The van der Waals surface area contributed by atoms with Gasteiger partial charge in [0, 0.05) is 29.7 Å². The van der Waals surface area contributed by atoms with E-state index in [-0.39, 0.29) is 11.6 Å². The minimum absolute atomic E-state index is 0.0424. The van der Waals surface area contributed by atoms with E-state index in [1.165, 1.54) is 5.56 Å². The third kappa shape index (κ3) is 3.53. The molecule has 1 atom stereocenters. The van der Waals surface area contributed by atoms with E-state index in [0.717, 1.165) is 43.3 Å². The van der Waals surface area contributed by atoms with Crippen LogP contribution in [0.25, 0.3) is 0 Å². The summed E-state index contributed by atoms with van der Waals surface area (Å²) >= 11 is 6.32. The Morgan fingerprint density at radius 2 is 2.00 bits per heavy atom. The second-order valence-corrected chi connectivity index (χ2v) is 6.57. The van der Waals surface area contributed by atoms with Gasteiger partial charge in [-0.15, -0.1) is 0 Å². The molecule has 0 saturated carbocycles. The van der Waals surface area contributed by atoms with Crippen LogP contribution in [0.5, 0.6) is 0 Å².